The fourth-order valence-corrected chi connectivity index (χ4v) is 20.5. The fourth-order valence-electron chi connectivity index (χ4n) is 20.5. The number of aryl methyl sites for hydroxylation is 6. The SMILES string of the molecule is CC(=O)N1CCc2c(c(-c3c[nH]c4cc(-c5cnn(C)c5)ccc34)nn2C)C1.CC(=O)N1CCc2c(c(-c3c[nH]c4ccccc34)nn2C)C1.CC(=O)N1CCc2c(c(-c3cc(C)cc4ccncc34)nn2C2CCOCC2)C1.CC(=O)N1CCc2c(c(-c3cn(C)c4ccccc34)nn2C)C1.COc1cc(-c2nn(C3CCOCC3)c3c2CN(C(C)=O)CC3)c2cnccc2c1. The summed E-state index contributed by atoms with van der Waals surface area (Å²) in [6, 6.07) is 36.2. The number of carbonyl (C=O) groups excluding carboxylic acids is 5. The zero-order chi connectivity index (χ0) is 91.4. The molecule has 16 aromatic rings. The summed E-state index contributed by atoms with van der Waals surface area (Å²) in [6.45, 7) is 20.3. The molecule has 30 heteroatoms. The highest BCUT2D eigenvalue weighted by Gasteiger charge is 2.36. The summed E-state index contributed by atoms with van der Waals surface area (Å²) in [5, 5.41) is 36.8. The van der Waals surface area contributed by atoms with Crippen LogP contribution in [0.4, 0.5) is 0 Å². The van der Waals surface area contributed by atoms with Gasteiger partial charge in [-0.1, -0.05) is 54.6 Å². The van der Waals surface area contributed by atoms with Crippen LogP contribution >= 0.6 is 0 Å². The van der Waals surface area contributed by atoms with E-state index < -0.39 is 0 Å². The van der Waals surface area contributed by atoms with Crippen molar-refractivity contribution in [2.24, 2.45) is 35.2 Å². The van der Waals surface area contributed by atoms with Crippen molar-refractivity contribution in [1.29, 1.82) is 0 Å². The van der Waals surface area contributed by atoms with Gasteiger partial charge in [0.05, 0.1) is 53.9 Å². The van der Waals surface area contributed by atoms with Crippen molar-refractivity contribution in [2.45, 2.75) is 144 Å². The maximum absolute atomic E-state index is 12.1. The van der Waals surface area contributed by atoms with Crippen LogP contribution in [0.1, 0.15) is 134 Å². The number of aromatic nitrogens is 17. The second kappa shape index (κ2) is 36.7. The Bertz CT molecular complexity index is 7130. The number of benzene rings is 5. The van der Waals surface area contributed by atoms with Crippen molar-refractivity contribution in [3.05, 3.63) is 221 Å². The molecule has 678 valence electrons. The number of pyridine rings is 2. The van der Waals surface area contributed by atoms with Crippen LogP contribution in [-0.2, 0) is 134 Å². The van der Waals surface area contributed by atoms with Crippen LogP contribution in [0.15, 0.2) is 159 Å². The number of nitrogens with zero attached hydrogens (tertiary/aromatic N) is 20. The van der Waals surface area contributed by atoms with Crippen LogP contribution in [-0.4, -0.2) is 203 Å². The Hall–Kier alpha value is -14.1. The zero-order valence-electron chi connectivity index (χ0n) is 77.1. The van der Waals surface area contributed by atoms with Gasteiger partial charge >= 0.3 is 0 Å². The van der Waals surface area contributed by atoms with E-state index in [1.165, 1.54) is 72.4 Å². The number of amides is 5. The van der Waals surface area contributed by atoms with E-state index in [1.54, 1.807) is 52.6 Å². The van der Waals surface area contributed by atoms with Crippen LogP contribution in [0.25, 0.3) is 122 Å². The average molecular weight is 1770 g/mol. The Morgan fingerprint density at radius 2 is 0.818 bits per heavy atom. The molecule has 7 aliphatic rings. The van der Waals surface area contributed by atoms with Gasteiger partial charge in [0.15, 0.2) is 0 Å². The molecule has 7 aliphatic heterocycles. The largest absolute Gasteiger partial charge is 0.497 e. The van der Waals surface area contributed by atoms with Gasteiger partial charge in [-0.2, -0.15) is 30.6 Å². The lowest BCUT2D eigenvalue weighted by Crippen LogP contribution is -2.35. The average Bonchev–Trinajstić information content (AvgIpc) is 1.62. The van der Waals surface area contributed by atoms with Crippen LogP contribution in [0, 0.1) is 6.92 Å². The molecule has 23 rings (SSSR count). The zero-order valence-corrected chi connectivity index (χ0v) is 77.1. The van der Waals surface area contributed by atoms with E-state index in [2.05, 4.69) is 132 Å². The smallest absolute Gasteiger partial charge is 0.219 e. The first-order valence-electron chi connectivity index (χ1n) is 45.8. The van der Waals surface area contributed by atoms with Gasteiger partial charge < -0.3 is 53.2 Å². The molecule has 5 aromatic carbocycles. The molecule has 0 spiro atoms. The Kier molecular flexibility index (Phi) is 24.2. The maximum atomic E-state index is 12.1. The minimum atomic E-state index is 0.0996. The molecular formula is C102H112N22O8. The molecule has 0 unspecified atom stereocenters. The second-order valence-corrected chi connectivity index (χ2v) is 35.7. The fraction of sp³-hybridized carbons (Fsp3) is 0.363. The molecule has 18 heterocycles. The number of methoxy groups -OCH3 is 1. The molecule has 0 atom stereocenters. The molecule has 2 N–H and O–H groups in total. The Balaban J connectivity index is 0.000000107. The topological polar surface area (TPSA) is 298 Å². The van der Waals surface area contributed by atoms with E-state index in [0.29, 0.717) is 44.8 Å². The molecule has 132 heavy (non-hydrogen) atoms. The third-order valence-electron chi connectivity index (χ3n) is 27.5. The number of para-hydroxylation sites is 2. The van der Waals surface area contributed by atoms with Gasteiger partial charge in [0.1, 0.15) is 5.75 Å². The van der Waals surface area contributed by atoms with Crippen molar-refractivity contribution in [3.8, 4) is 73.2 Å². The highest BCUT2D eigenvalue weighted by Crippen LogP contribution is 2.44. The summed E-state index contributed by atoms with van der Waals surface area (Å²) in [5.41, 5.74) is 29.2. The monoisotopic (exact) mass is 1770 g/mol. The number of carbonyl (C=O) groups is 5. The van der Waals surface area contributed by atoms with Gasteiger partial charge in [0.2, 0.25) is 29.5 Å². The van der Waals surface area contributed by atoms with Crippen molar-refractivity contribution in [2.75, 3.05) is 66.3 Å². The number of hydrogen-bond acceptors (Lipinski definition) is 16. The van der Waals surface area contributed by atoms with Crippen LogP contribution < -0.4 is 4.74 Å². The van der Waals surface area contributed by atoms with Gasteiger partial charge in [-0.3, -0.25) is 62.0 Å². The molecule has 2 fully saturated rings. The highest BCUT2D eigenvalue weighted by molar-refractivity contribution is 6.01. The summed E-state index contributed by atoms with van der Waals surface area (Å²) < 4.78 is 31.0. The first kappa shape index (κ1) is 87.2. The van der Waals surface area contributed by atoms with Crippen LogP contribution in [0.5, 0.6) is 5.75 Å². The summed E-state index contributed by atoms with van der Waals surface area (Å²) >= 11 is 0. The summed E-state index contributed by atoms with van der Waals surface area (Å²) in [5.74, 6) is 1.37. The van der Waals surface area contributed by atoms with Crippen LogP contribution in [0.2, 0.25) is 0 Å². The van der Waals surface area contributed by atoms with Gasteiger partial charge in [-0.05, 0) is 103 Å². The van der Waals surface area contributed by atoms with Crippen molar-refractivity contribution in [3.63, 3.8) is 0 Å². The molecule has 0 bridgehead atoms. The lowest BCUT2D eigenvalue weighted by atomic mass is 9.95. The third-order valence-corrected chi connectivity index (χ3v) is 27.5. The predicted molar refractivity (Wildman–Crippen MR) is 508 cm³/mol. The Labute approximate surface area is 765 Å². The molecule has 0 aliphatic carbocycles. The first-order valence-corrected chi connectivity index (χ1v) is 45.8. The number of H-pyrrole nitrogens is 2. The standard InChI is InChI=1S/C23H26N4O3.C23H26N4O2.C21H22N6O.C18H20N4O.C17H18N4O/c1-15(28)26-8-4-22-21(14-26)23(25-27(22)17-5-9-30-10-6-17)19-12-18(29-2)11-16-3-7-24-13-20(16)19;1-15-11-17-3-7-24-13-20(17)19(12-15)23-21-14-26(16(2)28)8-4-22(21)27(25-23)18-5-9-29-10-6-18;1-13(28)27-7-6-20-18(12-27)21(24-26(20)3)17-10-22-19-8-14(4-5-16(17)19)15-9-23-25(2)11-15;1-12(23)22-9-8-17-15(11-22)18(19-21(17)3)14-10-20(2)16-7-5-4-6-13(14)16;1-11(22)21-8-7-16-14(10-21)17(19-20(16)2)13-9-18-15-6-4-3-5-12(13)15/h3,7,11-13,17H,4-6,8-10,14H2,1-2H3;3,7,11-13,18H,4-6,8-10,14H2,1-2H3;4-5,8-11,22H,6-7,12H2,1-3H3;4-7,10H,8-9,11H2,1-3H3;3-6,9,18H,7-8,10H2,1-2H3. The number of fused-ring (bicyclic) bond motifs is 10. The lowest BCUT2D eigenvalue weighted by Gasteiger charge is -2.29. The number of rotatable bonds is 9. The molecule has 0 saturated carbocycles. The normalized spacial score (nSPS) is 15.6. The lowest BCUT2D eigenvalue weighted by molar-refractivity contribution is -0.130. The second-order valence-electron chi connectivity index (χ2n) is 35.7. The van der Waals surface area contributed by atoms with Crippen molar-refractivity contribution >= 4 is 83.8 Å². The Morgan fingerprint density at radius 1 is 0.402 bits per heavy atom. The van der Waals surface area contributed by atoms with Crippen molar-refractivity contribution in [1.82, 2.24) is 108 Å². The van der Waals surface area contributed by atoms with E-state index in [-0.39, 0.29) is 29.5 Å². The molecule has 2 saturated heterocycles. The molecule has 0 radical (unpaired) electrons. The molecule has 30 nitrogen and oxygen atoms in total. The molecular weight excluding hydrogens is 1660 g/mol. The van der Waals surface area contributed by atoms with E-state index in [1.807, 2.05) is 140 Å². The van der Waals surface area contributed by atoms with Gasteiger partial charge in [-0.15, -0.1) is 0 Å². The number of hydrogen-bond donors (Lipinski definition) is 2. The Morgan fingerprint density at radius 3 is 1.29 bits per heavy atom. The van der Waals surface area contributed by atoms with Gasteiger partial charge in [0, 0.05) is 377 Å². The highest BCUT2D eigenvalue weighted by atomic mass is 16.5. The number of ether oxygens (including phenoxy) is 3. The minimum absolute atomic E-state index is 0.0996. The third kappa shape index (κ3) is 16.9. The van der Waals surface area contributed by atoms with E-state index in [0.717, 1.165) is 234 Å². The minimum Gasteiger partial charge on any atom is -0.497 e. The van der Waals surface area contributed by atoms with Crippen LogP contribution in [0.3, 0.4) is 0 Å². The summed E-state index contributed by atoms with van der Waals surface area (Å²) in [7, 11) is 11.6. The van der Waals surface area contributed by atoms with E-state index in [4.69, 9.17) is 39.7 Å². The van der Waals surface area contributed by atoms with Gasteiger partial charge in [0.25, 0.3) is 0 Å². The maximum Gasteiger partial charge on any atom is 0.219 e. The molecule has 5 amide bonds. The summed E-state index contributed by atoms with van der Waals surface area (Å²) in [6.07, 6.45) is 25.6. The number of nitrogens with one attached hydrogen (secondary N) is 2. The molecule has 11 aromatic heterocycles. The van der Waals surface area contributed by atoms with Crippen molar-refractivity contribution < 1.29 is 38.2 Å². The van der Waals surface area contributed by atoms with E-state index >= 15 is 0 Å². The van der Waals surface area contributed by atoms with Gasteiger partial charge in [-0.25, -0.2) is 0 Å². The summed E-state index contributed by atoms with van der Waals surface area (Å²) in [4.78, 5) is 84.5. The quantitative estimate of drug-likeness (QED) is 0.136. The first-order chi connectivity index (χ1) is 64.0. The predicted octanol–water partition coefficient (Wildman–Crippen LogP) is 14.9. The number of aromatic amines is 2. The van der Waals surface area contributed by atoms with E-state index in [9.17, 15) is 24.0 Å².